The molecule has 2 rings (SSSR count). The molecule has 50 valence electrons. The van der Waals surface area contributed by atoms with Gasteiger partial charge in [0, 0.05) is 0 Å². The lowest BCUT2D eigenvalue weighted by molar-refractivity contribution is 0.487. The summed E-state index contributed by atoms with van der Waals surface area (Å²) in [5, 5.41) is 0. The van der Waals surface area contributed by atoms with Crippen LogP contribution in [0.4, 0.5) is 0 Å². The van der Waals surface area contributed by atoms with Crippen LogP contribution in [0.25, 0.3) is 0 Å². The summed E-state index contributed by atoms with van der Waals surface area (Å²) in [5.41, 5.74) is 0.645. The van der Waals surface area contributed by atoms with E-state index in [1.165, 1.54) is 12.8 Å². The van der Waals surface area contributed by atoms with Crippen molar-refractivity contribution in [2.75, 3.05) is 0 Å². The molecule has 0 saturated heterocycles. The van der Waals surface area contributed by atoms with Gasteiger partial charge in [0.2, 0.25) is 0 Å². The Hall–Kier alpha value is -0.260. The molecule has 2 aliphatic carbocycles. The fourth-order valence-corrected chi connectivity index (χ4v) is 1.94. The van der Waals surface area contributed by atoms with Crippen LogP contribution in [0.3, 0.4) is 0 Å². The molecule has 2 aliphatic rings. The number of fused-ring (bicyclic) bond motifs is 1. The lowest BCUT2D eigenvalue weighted by Gasteiger charge is -2.14. The summed E-state index contributed by atoms with van der Waals surface area (Å²) in [5.74, 6) is 1.89. The molecular weight excluding hydrogens is 108 g/mol. The predicted octanol–water partition coefficient (Wildman–Crippen LogP) is 2.61. The van der Waals surface area contributed by atoms with E-state index in [1.807, 2.05) is 0 Å². The standard InChI is InChI=1S/C9H14/c1-7-3-4-9(2)6-8(9)5-7/h3-4,7-8H,5-6H2,1-2H3/t7-,8?,9+/m1/s1. The Morgan fingerprint density at radius 1 is 1.56 bits per heavy atom. The number of allylic oxidation sites excluding steroid dienone is 2. The second-order valence-electron chi connectivity index (χ2n) is 3.98. The summed E-state index contributed by atoms with van der Waals surface area (Å²) in [6.07, 6.45) is 7.69. The first-order valence-corrected chi connectivity index (χ1v) is 3.90. The van der Waals surface area contributed by atoms with Crippen LogP contribution in [0, 0.1) is 17.3 Å². The molecule has 0 aliphatic heterocycles. The quantitative estimate of drug-likeness (QED) is 0.433. The Labute approximate surface area is 57.0 Å². The van der Waals surface area contributed by atoms with Crippen molar-refractivity contribution in [2.45, 2.75) is 26.7 Å². The predicted molar refractivity (Wildman–Crippen MR) is 39.1 cm³/mol. The van der Waals surface area contributed by atoms with E-state index in [9.17, 15) is 0 Å². The average Bonchev–Trinajstić information content (AvgIpc) is 2.41. The zero-order valence-corrected chi connectivity index (χ0v) is 6.22. The summed E-state index contributed by atoms with van der Waals surface area (Å²) in [4.78, 5) is 0. The van der Waals surface area contributed by atoms with Crippen LogP contribution in [-0.4, -0.2) is 0 Å². The van der Waals surface area contributed by atoms with E-state index < -0.39 is 0 Å². The molecule has 0 radical (unpaired) electrons. The highest BCUT2D eigenvalue weighted by Gasteiger charge is 2.49. The molecule has 3 atom stereocenters. The minimum atomic E-state index is 0.645. The topological polar surface area (TPSA) is 0 Å². The van der Waals surface area contributed by atoms with Crippen molar-refractivity contribution in [3.63, 3.8) is 0 Å². The van der Waals surface area contributed by atoms with Gasteiger partial charge >= 0.3 is 0 Å². The van der Waals surface area contributed by atoms with Gasteiger partial charge in [0.1, 0.15) is 0 Å². The maximum atomic E-state index is 2.42. The smallest absolute Gasteiger partial charge is 0.0115 e. The van der Waals surface area contributed by atoms with Crippen molar-refractivity contribution in [1.82, 2.24) is 0 Å². The molecule has 1 saturated carbocycles. The van der Waals surface area contributed by atoms with E-state index in [0.717, 1.165) is 11.8 Å². The maximum absolute atomic E-state index is 2.42. The van der Waals surface area contributed by atoms with E-state index in [2.05, 4.69) is 26.0 Å². The van der Waals surface area contributed by atoms with Gasteiger partial charge < -0.3 is 0 Å². The molecule has 0 heteroatoms. The molecule has 0 heterocycles. The Morgan fingerprint density at radius 3 is 2.89 bits per heavy atom. The Morgan fingerprint density at radius 2 is 2.33 bits per heavy atom. The van der Waals surface area contributed by atoms with Crippen molar-refractivity contribution in [2.24, 2.45) is 17.3 Å². The molecule has 0 spiro atoms. The summed E-state index contributed by atoms with van der Waals surface area (Å²) < 4.78 is 0. The molecule has 9 heavy (non-hydrogen) atoms. The summed E-state index contributed by atoms with van der Waals surface area (Å²) in [6, 6.07) is 0. The Bertz CT molecular complexity index is 157. The van der Waals surface area contributed by atoms with Gasteiger partial charge in [-0.15, -0.1) is 0 Å². The molecule has 0 aromatic carbocycles. The molecular formula is C9H14. The highest BCUT2D eigenvalue weighted by molar-refractivity contribution is 5.17. The second-order valence-corrected chi connectivity index (χ2v) is 3.98. The third-order valence-electron chi connectivity index (χ3n) is 2.92. The zero-order valence-electron chi connectivity index (χ0n) is 6.22. The molecule has 0 bridgehead atoms. The minimum Gasteiger partial charge on any atom is -0.0851 e. The lowest BCUT2D eigenvalue weighted by atomic mass is 9.91. The summed E-state index contributed by atoms with van der Waals surface area (Å²) in [7, 11) is 0. The van der Waals surface area contributed by atoms with Crippen LogP contribution in [-0.2, 0) is 0 Å². The molecule has 1 fully saturated rings. The normalized spacial score (nSPS) is 54.9. The van der Waals surface area contributed by atoms with Gasteiger partial charge in [-0.25, -0.2) is 0 Å². The van der Waals surface area contributed by atoms with Gasteiger partial charge in [-0.2, -0.15) is 0 Å². The molecule has 0 amide bonds. The van der Waals surface area contributed by atoms with Crippen molar-refractivity contribution < 1.29 is 0 Å². The van der Waals surface area contributed by atoms with Gasteiger partial charge in [0.05, 0.1) is 0 Å². The van der Waals surface area contributed by atoms with Crippen LogP contribution in [0.5, 0.6) is 0 Å². The average molecular weight is 122 g/mol. The highest BCUT2D eigenvalue weighted by atomic mass is 14.5. The first kappa shape index (κ1) is 5.52. The van der Waals surface area contributed by atoms with Gasteiger partial charge in [0.25, 0.3) is 0 Å². The second kappa shape index (κ2) is 1.42. The van der Waals surface area contributed by atoms with Crippen molar-refractivity contribution in [3.05, 3.63) is 12.2 Å². The third-order valence-corrected chi connectivity index (χ3v) is 2.92. The zero-order chi connectivity index (χ0) is 6.48. The molecule has 0 N–H and O–H groups in total. The Kier molecular flexibility index (Phi) is 0.870. The number of hydrogen-bond acceptors (Lipinski definition) is 0. The van der Waals surface area contributed by atoms with Crippen LogP contribution >= 0.6 is 0 Å². The van der Waals surface area contributed by atoms with Gasteiger partial charge in [0.15, 0.2) is 0 Å². The van der Waals surface area contributed by atoms with E-state index >= 15 is 0 Å². The molecule has 0 aromatic rings. The van der Waals surface area contributed by atoms with Crippen LogP contribution in [0.15, 0.2) is 12.2 Å². The third kappa shape index (κ3) is 0.726. The monoisotopic (exact) mass is 122 g/mol. The molecule has 0 aromatic heterocycles. The lowest BCUT2D eigenvalue weighted by Crippen LogP contribution is -2.04. The van der Waals surface area contributed by atoms with Crippen LogP contribution in [0.1, 0.15) is 26.7 Å². The minimum absolute atomic E-state index is 0.645. The summed E-state index contributed by atoms with van der Waals surface area (Å²) >= 11 is 0. The molecule has 0 nitrogen and oxygen atoms in total. The SMILES string of the molecule is C[C@@H]1C=C[C@@]2(C)CC2C1. The maximum Gasteiger partial charge on any atom is -0.0115 e. The first-order valence-electron chi connectivity index (χ1n) is 3.90. The fourth-order valence-electron chi connectivity index (χ4n) is 1.94. The Balaban J connectivity index is 2.18. The number of hydrogen-bond donors (Lipinski definition) is 0. The van der Waals surface area contributed by atoms with E-state index in [1.54, 1.807) is 0 Å². The van der Waals surface area contributed by atoms with Gasteiger partial charge in [-0.05, 0) is 30.1 Å². The van der Waals surface area contributed by atoms with E-state index in [4.69, 9.17) is 0 Å². The van der Waals surface area contributed by atoms with Crippen molar-refractivity contribution >= 4 is 0 Å². The van der Waals surface area contributed by atoms with Crippen LogP contribution < -0.4 is 0 Å². The highest BCUT2D eigenvalue weighted by Crippen LogP contribution is 2.58. The van der Waals surface area contributed by atoms with Crippen molar-refractivity contribution in [3.8, 4) is 0 Å². The summed E-state index contributed by atoms with van der Waals surface area (Å²) in [6.45, 7) is 4.69. The van der Waals surface area contributed by atoms with Gasteiger partial charge in [-0.1, -0.05) is 26.0 Å². The largest absolute Gasteiger partial charge is 0.0851 e. The number of rotatable bonds is 0. The first-order chi connectivity index (χ1) is 4.21. The van der Waals surface area contributed by atoms with Crippen LogP contribution in [0.2, 0.25) is 0 Å². The van der Waals surface area contributed by atoms with Gasteiger partial charge in [-0.3, -0.25) is 0 Å². The van der Waals surface area contributed by atoms with E-state index in [-0.39, 0.29) is 0 Å². The van der Waals surface area contributed by atoms with E-state index in [0.29, 0.717) is 5.41 Å². The van der Waals surface area contributed by atoms with Crippen molar-refractivity contribution in [1.29, 1.82) is 0 Å². The molecule has 1 unspecified atom stereocenters. The fraction of sp³-hybridized carbons (Fsp3) is 0.778.